The Morgan fingerprint density at radius 3 is 2.37 bits per heavy atom. The molecule has 2 rings (SSSR count). The van der Waals surface area contributed by atoms with Gasteiger partial charge in [-0.15, -0.1) is 0 Å². The van der Waals surface area contributed by atoms with Crippen molar-refractivity contribution >= 4 is 5.91 Å². The SMILES string of the molecule is CCNC(CN1CCC(C)(C)CC1)(C(N)=O)C1CC1. The molecular formula is C15H29N3O. The van der Waals surface area contributed by atoms with Gasteiger partial charge in [0.25, 0.3) is 0 Å². The maximum atomic E-state index is 12.0. The molecule has 1 aliphatic heterocycles. The van der Waals surface area contributed by atoms with Gasteiger partial charge in [0, 0.05) is 6.54 Å². The van der Waals surface area contributed by atoms with Gasteiger partial charge < -0.3 is 16.0 Å². The van der Waals surface area contributed by atoms with Crippen molar-refractivity contribution in [1.29, 1.82) is 0 Å². The molecule has 1 saturated heterocycles. The largest absolute Gasteiger partial charge is 0.368 e. The Bertz CT molecular complexity index is 328. The van der Waals surface area contributed by atoms with Gasteiger partial charge in [-0.25, -0.2) is 0 Å². The normalized spacial score (nSPS) is 26.9. The highest BCUT2D eigenvalue weighted by atomic mass is 16.1. The van der Waals surface area contributed by atoms with Crippen LogP contribution in [0.15, 0.2) is 0 Å². The van der Waals surface area contributed by atoms with E-state index in [1.807, 2.05) is 0 Å². The summed E-state index contributed by atoms with van der Waals surface area (Å²) >= 11 is 0. The van der Waals surface area contributed by atoms with Crippen molar-refractivity contribution in [2.45, 2.75) is 52.0 Å². The van der Waals surface area contributed by atoms with Crippen molar-refractivity contribution in [2.24, 2.45) is 17.1 Å². The fourth-order valence-corrected chi connectivity index (χ4v) is 3.26. The summed E-state index contributed by atoms with van der Waals surface area (Å²) in [6.45, 7) is 10.5. The minimum Gasteiger partial charge on any atom is -0.368 e. The van der Waals surface area contributed by atoms with Crippen LogP contribution in [0.5, 0.6) is 0 Å². The van der Waals surface area contributed by atoms with Gasteiger partial charge in [0.1, 0.15) is 5.54 Å². The summed E-state index contributed by atoms with van der Waals surface area (Å²) in [4.78, 5) is 14.5. The van der Waals surface area contributed by atoms with E-state index in [2.05, 4.69) is 31.0 Å². The Kier molecular flexibility index (Phi) is 4.21. The fourth-order valence-electron chi connectivity index (χ4n) is 3.26. The Morgan fingerprint density at radius 1 is 1.37 bits per heavy atom. The number of likely N-dealkylation sites (tertiary alicyclic amines) is 1. The van der Waals surface area contributed by atoms with Gasteiger partial charge in [-0.3, -0.25) is 4.79 Å². The number of nitrogens with two attached hydrogens (primary N) is 1. The summed E-state index contributed by atoms with van der Waals surface area (Å²) < 4.78 is 0. The molecular weight excluding hydrogens is 238 g/mol. The van der Waals surface area contributed by atoms with Crippen molar-refractivity contribution in [2.75, 3.05) is 26.2 Å². The molecule has 0 spiro atoms. The van der Waals surface area contributed by atoms with Crippen LogP contribution in [0, 0.1) is 11.3 Å². The first-order valence-electron chi connectivity index (χ1n) is 7.67. The molecule has 4 nitrogen and oxygen atoms in total. The number of likely N-dealkylation sites (N-methyl/N-ethyl adjacent to an activating group) is 1. The Hall–Kier alpha value is -0.610. The summed E-state index contributed by atoms with van der Waals surface area (Å²) in [5.41, 5.74) is 5.70. The number of hydrogen-bond donors (Lipinski definition) is 2. The van der Waals surface area contributed by atoms with Crippen LogP contribution in [0.3, 0.4) is 0 Å². The maximum Gasteiger partial charge on any atom is 0.239 e. The highest BCUT2D eigenvalue weighted by molar-refractivity contribution is 5.86. The second-order valence-corrected chi connectivity index (χ2v) is 7.08. The second-order valence-electron chi connectivity index (χ2n) is 7.08. The van der Waals surface area contributed by atoms with Gasteiger partial charge in [-0.05, 0) is 56.7 Å². The smallest absolute Gasteiger partial charge is 0.239 e. The van der Waals surface area contributed by atoms with E-state index >= 15 is 0 Å². The lowest BCUT2D eigenvalue weighted by atomic mass is 9.81. The highest BCUT2D eigenvalue weighted by Gasteiger charge is 2.50. The molecule has 4 heteroatoms. The van der Waals surface area contributed by atoms with E-state index in [0.717, 1.165) is 39.0 Å². The number of carbonyl (C=O) groups is 1. The van der Waals surface area contributed by atoms with Gasteiger partial charge >= 0.3 is 0 Å². The summed E-state index contributed by atoms with van der Waals surface area (Å²) in [5.74, 6) is 0.279. The molecule has 1 aliphatic carbocycles. The molecule has 0 aromatic rings. The van der Waals surface area contributed by atoms with Gasteiger partial charge in [-0.1, -0.05) is 20.8 Å². The van der Waals surface area contributed by atoms with Crippen LogP contribution in [0.25, 0.3) is 0 Å². The molecule has 0 radical (unpaired) electrons. The number of primary amides is 1. The van der Waals surface area contributed by atoms with E-state index in [1.54, 1.807) is 0 Å². The Morgan fingerprint density at radius 2 is 1.95 bits per heavy atom. The van der Waals surface area contributed by atoms with Crippen molar-refractivity contribution in [3.8, 4) is 0 Å². The first-order chi connectivity index (χ1) is 8.89. The molecule has 0 aromatic heterocycles. The van der Waals surface area contributed by atoms with E-state index in [-0.39, 0.29) is 5.91 Å². The predicted molar refractivity (Wildman–Crippen MR) is 77.8 cm³/mol. The molecule has 19 heavy (non-hydrogen) atoms. The lowest BCUT2D eigenvalue weighted by Gasteiger charge is -2.42. The Balaban J connectivity index is 2.02. The van der Waals surface area contributed by atoms with Crippen molar-refractivity contribution in [3.63, 3.8) is 0 Å². The number of nitrogens with one attached hydrogen (secondary N) is 1. The molecule has 110 valence electrons. The monoisotopic (exact) mass is 267 g/mol. The molecule has 2 fully saturated rings. The van der Waals surface area contributed by atoms with Crippen molar-refractivity contribution in [3.05, 3.63) is 0 Å². The summed E-state index contributed by atoms with van der Waals surface area (Å²) in [6.07, 6.45) is 4.68. The predicted octanol–water partition coefficient (Wildman–Crippen LogP) is 1.35. The van der Waals surface area contributed by atoms with E-state index < -0.39 is 5.54 Å². The quantitative estimate of drug-likeness (QED) is 0.764. The molecule has 0 bridgehead atoms. The lowest BCUT2D eigenvalue weighted by molar-refractivity contribution is -0.126. The zero-order valence-electron chi connectivity index (χ0n) is 12.7. The zero-order valence-corrected chi connectivity index (χ0v) is 12.7. The van der Waals surface area contributed by atoms with Gasteiger partial charge in [0.15, 0.2) is 0 Å². The van der Waals surface area contributed by atoms with Crippen LogP contribution < -0.4 is 11.1 Å². The maximum absolute atomic E-state index is 12.0. The van der Waals surface area contributed by atoms with Crippen LogP contribution in [0.4, 0.5) is 0 Å². The van der Waals surface area contributed by atoms with Crippen LogP contribution in [-0.4, -0.2) is 42.5 Å². The van der Waals surface area contributed by atoms with Crippen LogP contribution in [-0.2, 0) is 4.79 Å². The van der Waals surface area contributed by atoms with Gasteiger partial charge in [-0.2, -0.15) is 0 Å². The molecule has 1 atom stereocenters. The van der Waals surface area contributed by atoms with Gasteiger partial charge in [0.05, 0.1) is 0 Å². The van der Waals surface area contributed by atoms with E-state index in [0.29, 0.717) is 11.3 Å². The highest BCUT2D eigenvalue weighted by Crippen LogP contribution is 2.41. The third-order valence-electron chi connectivity index (χ3n) is 4.89. The van der Waals surface area contributed by atoms with Crippen molar-refractivity contribution < 1.29 is 4.79 Å². The summed E-state index contributed by atoms with van der Waals surface area (Å²) in [6, 6.07) is 0. The molecule has 1 heterocycles. The lowest BCUT2D eigenvalue weighted by Crippen LogP contribution is -2.64. The second kappa shape index (κ2) is 5.41. The van der Waals surface area contributed by atoms with E-state index in [1.165, 1.54) is 12.8 Å². The van der Waals surface area contributed by atoms with Crippen LogP contribution in [0.2, 0.25) is 0 Å². The number of hydrogen-bond acceptors (Lipinski definition) is 3. The fraction of sp³-hybridized carbons (Fsp3) is 0.933. The number of carbonyl (C=O) groups excluding carboxylic acids is 1. The van der Waals surface area contributed by atoms with Crippen LogP contribution in [0.1, 0.15) is 46.5 Å². The molecule has 1 unspecified atom stereocenters. The molecule has 3 N–H and O–H groups in total. The van der Waals surface area contributed by atoms with E-state index in [4.69, 9.17) is 5.73 Å². The molecule has 1 saturated carbocycles. The van der Waals surface area contributed by atoms with Crippen molar-refractivity contribution in [1.82, 2.24) is 10.2 Å². The number of amides is 1. The summed E-state index contributed by atoms with van der Waals surface area (Å²) in [7, 11) is 0. The third-order valence-corrected chi connectivity index (χ3v) is 4.89. The minimum atomic E-state index is -0.490. The number of piperidine rings is 1. The number of rotatable bonds is 6. The topological polar surface area (TPSA) is 58.4 Å². The van der Waals surface area contributed by atoms with Crippen LogP contribution >= 0.6 is 0 Å². The van der Waals surface area contributed by atoms with E-state index in [9.17, 15) is 4.79 Å². The first-order valence-corrected chi connectivity index (χ1v) is 7.67. The average Bonchev–Trinajstić information content (AvgIpc) is 3.15. The standard InChI is InChI=1S/C15H29N3O/c1-4-17-15(13(16)19,12-5-6-12)11-18-9-7-14(2,3)8-10-18/h12,17H,4-11H2,1-3H3,(H2,16,19). The number of nitrogens with zero attached hydrogens (tertiary/aromatic N) is 1. The first kappa shape index (κ1) is 14.8. The Labute approximate surface area is 117 Å². The summed E-state index contributed by atoms with van der Waals surface area (Å²) in [5, 5.41) is 3.41. The zero-order chi connectivity index (χ0) is 14.1. The molecule has 1 amide bonds. The minimum absolute atomic E-state index is 0.165. The average molecular weight is 267 g/mol. The third kappa shape index (κ3) is 3.29. The van der Waals surface area contributed by atoms with Gasteiger partial charge in [0.2, 0.25) is 5.91 Å². The molecule has 2 aliphatic rings. The molecule has 0 aromatic carbocycles.